The molecule has 1 aromatic carbocycles. The summed E-state index contributed by atoms with van der Waals surface area (Å²) in [6.07, 6.45) is 7.53. The number of benzene rings is 1. The molecule has 1 saturated carbocycles. The van der Waals surface area contributed by atoms with Gasteiger partial charge in [-0.2, -0.15) is 0 Å². The predicted molar refractivity (Wildman–Crippen MR) is 71.3 cm³/mol. The maximum Gasteiger partial charge on any atom is 0.0573 e. The standard InChI is InChI=1S/C14H21N3/c15-11-5-2-6-12-16-17-14(9-10-14)13-7-3-1-4-8-13/h1-5,7-8,16-17H,6,9-12,15H2/b5-2-. The molecular formula is C14H21N3. The molecule has 1 aromatic rings. The first-order valence-electron chi connectivity index (χ1n) is 6.28. The van der Waals surface area contributed by atoms with Gasteiger partial charge in [-0.05, 0) is 24.8 Å². The minimum absolute atomic E-state index is 0.179. The van der Waals surface area contributed by atoms with E-state index in [1.165, 1.54) is 18.4 Å². The van der Waals surface area contributed by atoms with Crippen molar-refractivity contribution in [3.8, 4) is 0 Å². The molecule has 17 heavy (non-hydrogen) atoms. The highest BCUT2D eigenvalue weighted by Gasteiger charge is 2.43. The van der Waals surface area contributed by atoms with Crippen LogP contribution in [-0.4, -0.2) is 13.1 Å². The first-order chi connectivity index (χ1) is 8.37. The number of hydrogen-bond donors (Lipinski definition) is 3. The summed E-state index contributed by atoms with van der Waals surface area (Å²) >= 11 is 0. The highest BCUT2D eigenvalue weighted by molar-refractivity contribution is 5.29. The van der Waals surface area contributed by atoms with Crippen LogP contribution in [-0.2, 0) is 5.54 Å². The van der Waals surface area contributed by atoms with Crippen LogP contribution in [0.4, 0.5) is 0 Å². The van der Waals surface area contributed by atoms with Gasteiger partial charge in [-0.15, -0.1) is 0 Å². The molecule has 0 spiro atoms. The van der Waals surface area contributed by atoms with E-state index in [1.54, 1.807) is 0 Å². The minimum Gasteiger partial charge on any atom is -0.327 e. The number of hydrazine groups is 1. The van der Waals surface area contributed by atoms with Gasteiger partial charge in [0.15, 0.2) is 0 Å². The Morgan fingerprint density at radius 3 is 2.59 bits per heavy atom. The maximum atomic E-state index is 5.38. The Morgan fingerprint density at radius 2 is 1.94 bits per heavy atom. The SMILES string of the molecule is NC/C=C\CCNNC1(c2ccccc2)CC1. The van der Waals surface area contributed by atoms with Gasteiger partial charge in [-0.25, -0.2) is 5.43 Å². The summed E-state index contributed by atoms with van der Waals surface area (Å²) in [4.78, 5) is 0. The summed E-state index contributed by atoms with van der Waals surface area (Å²) in [5.74, 6) is 0. The van der Waals surface area contributed by atoms with E-state index in [-0.39, 0.29) is 5.54 Å². The molecule has 2 rings (SSSR count). The number of nitrogens with one attached hydrogen (secondary N) is 2. The van der Waals surface area contributed by atoms with Crippen molar-refractivity contribution in [2.75, 3.05) is 13.1 Å². The van der Waals surface area contributed by atoms with E-state index in [2.05, 4.69) is 47.3 Å². The lowest BCUT2D eigenvalue weighted by molar-refractivity contribution is 0.426. The van der Waals surface area contributed by atoms with E-state index in [4.69, 9.17) is 5.73 Å². The van der Waals surface area contributed by atoms with Crippen LogP contribution >= 0.6 is 0 Å². The Morgan fingerprint density at radius 1 is 1.18 bits per heavy atom. The van der Waals surface area contributed by atoms with Crippen molar-refractivity contribution in [2.24, 2.45) is 5.73 Å². The van der Waals surface area contributed by atoms with Crippen molar-refractivity contribution in [3.05, 3.63) is 48.0 Å². The largest absolute Gasteiger partial charge is 0.327 e. The summed E-state index contributed by atoms with van der Waals surface area (Å²) in [5, 5.41) is 0. The minimum atomic E-state index is 0.179. The molecule has 0 radical (unpaired) electrons. The summed E-state index contributed by atoms with van der Waals surface area (Å²) in [6, 6.07) is 10.6. The average molecular weight is 231 g/mol. The zero-order valence-electron chi connectivity index (χ0n) is 10.2. The topological polar surface area (TPSA) is 50.1 Å². The zero-order valence-corrected chi connectivity index (χ0v) is 10.2. The second-order valence-corrected chi connectivity index (χ2v) is 4.50. The normalized spacial score (nSPS) is 17.5. The van der Waals surface area contributed by atoms with E-state index in [0.29, 0.717) is 6.54 Å². The molecule has 0 bridgehead atoms. The van der Waals surface area contributed by atoms with Gasteiger partial charge >= 0.3 is 0 Å². The molecular weight excluding hydrogens is 210 g/mol. The van der Waals surface area contributed by atoms with Gasteiger partial charge in [-0.1, -0.05) is 42.5 Å². The van der Waals surface area contributed by atoms with Crippen molar-refractivity contribution >= 4 is 0 Å². The van der Waals surface area contributed by atoms with Gasteiger partial charge in [0.2, 0.25) is 0 Å². The summed E-state index contributed by atoms with van der Waals surface area (Å²) in [5.41, 5.74) is 13.7. The fraction of sp³-hybridized carbons (Fsp3) is 0.429. The third-order valence-electron chi connectivity index (χ3n) is 3.14. The van der Waals surface area contributed by atoms with E-state index >= 15 is 0 Å². The van der Waals surface area contributed by atoms with Crippen LogP contribution in [0.25, 0.3) is 0 Å². The quantitative estimate of drug-likeness (QED) is 0.380. The molecule has 0 amide bonds. The van der Waals surface area contributed by atoms with Crippen LogP contribution in [0.1, 0.15) is 24.8 Å². The number of nitrogens with two attached hydrogens (primary N) is 1. The number of rotatable bonds is 7. The van der Waals surface area contributed by atoms with Crippen LogP contribution in [0, 0.1) is 0 Å². The van der Waals surface area contributed by atoms with Crippen LogP contribution in [0.2, 0.25) is 0 Å². The van der Waals surface area contributed by atoms with Crippen molar-refractivity contribution < 1.29 is 0 Å². The van der Waals surface area contributed by atoms with Crippen molar-refractivity contribution in [3.63, 3.8) is 0 Å². The van der Waals surface area contributed by atoms with Gasteiger partial charge in [-0.3, -0.25) is 5.43 Å². The lowest BCUT2D eigenvalue weighted by atomic mass is 10.1. The fourth-order valence-corrected chi connectivity index (χ4v) is 1.97. The second kappa shape index (κ2) is 5.96. The van der Waals surface area contributed by atoms with Gasteiger partial charge in [0.25, 0.3) is 0 Å². The van der Waals surface area contributed by atoms with Gasteiger partial charge in [0.05, 0.1) is 5.54 Å². The summed E-state index contributed by atoms with van der Waals surface area (Å²) < 4.78 is 0. The lowest BCUT2D eigenvalue weighted by Crippen LogP contribution is -2.41. The Hall–Kier alpha value is -1.16. The van der Waals surface area contributed by atoms with Crippen molar-refractivity contribution in [1.29, 1.82) is 0 Å². The monoisotopic (exact) mass is 231 g/mol. The van der Waals surface area contributed by atoms with Crippen molar-refractivity contribution in [2.45, 2.75) is 24.8 Å². The van der Waals surface area contributed by atoms with Crippen LogP contribution < -0.4 is 16.6 Å². The Kier molecular flexibility index (Phi) is 4.31. The smallest absolute Gasteiger partial charge is 0.0573 e. The molecule has 92 valence electrons. The Bertz CT molecular complexity index is 355. The van der Waals surface area contributed by atoms with E-state index in [1.807, 2.05) is 6.08 Å². The molecule has 1 aliphatic rings. The predicted octanol–water partition coefficient (Wildman–Crippen LogP) is 1.67. The third-order valence-corrected chi connectivity index (χ3v) is 3.14. The molecule has 3 nitrogen and oxygen atoms in total. The fourth-order valence-electron chi connectivity index (χ4n) is 1.97. The molecule has 0 aliphatic heterocycles. The molecule has 0 saturated heterocycles. The molecule has 4 N–H and O–H groups in total. The molecule has 0 unspecified atom stereocenters. The number of hydrogen-bond acceptors (Lipinski definition) is 3. The highest BCUT2D eigenvalue weighted by atomic mass is 15.4. The molecule has 0 heterocycles. The summed E-state index contributed by atoms with van der Waals surface area (Å²) in [7, 11) is 0. The van der Waals surface area contributed by atoms with Crippen LogP contribution in [0.3, 0.4) is 0 Å². The lowest BCUT2D eigenvalue weighted by Gasteiger charge is -2.18. The van der Waals surface area contributed by atoms with Gasteiger partial charge < -0.3 is 5.73 Å². The zero-order chi connectivity index (χ0) is 12.0. The van der Waals surface area contributed by atoms with E-state index < -0.39 is 0 Å². The molecule has 0 atom stereocenters. The Balaban J connectivity index is 1.74. The van der Waals surface area contributed by atoms with Gasteiger partial charge in [0.1, 0.15) is 0 Å². The van der Waals surface area contributed by atoms with Crippen molar-refractivity contribution in [1.82, 2.24) is 10.9 Å². The first kappa shape index (κ1) is 12.3. The third kappa shape index (κ3) is 3.40. The highest BCUT2D eigenvalue weighted by Crippen LogP contribution is 2.44. The molecule has 1 aliphatic carbocycles. The van der Waals surface area contributed by atoms with Gasteiger partial charge in [0, 0.05) is 13.1 Å². The molecule has 3 heteroatoms. The van der Waals surface area contributed by atoms with Crippen LogP contribution in [0.5, 0.6) is 0 Å². The van der Waals surface area contributed by atoms with Crippen LogP contribution in [0.15, 0.2) is 42.5 Å². The summed E-state index contributed by atoms with van der Waals surface area (Å²) in [6.45, 7) is 1.56. The maximum absolute atomic E-state index is 5.38. The molecule has 1 fully saturated rings. The molecule has 0 aromatic heterocycles. The van der Waals surface area contributed by atoms with E-state index in [9.17, 15) is 0 Å². The Labute approximate surface area is 103 Å². The average Bonchev–Trinajstić information content (AvgIpc) is 3.16. The first-order valence-corrected chi connectivity index (χ1v) is 6.28. The second-order valence-electron chi connectivity index (χ2n) is 4.50. The van der Waals surface area contributed by atoms with E-state index in [0.717, 1.165) is 13.0 Å².